The molecule has 1 amide bonds. The highest BCUT2D eigenvalue weighted by atomic mass is 32.2. The summed E-state index contributed by atoms with van der Waals surface area (Å²) in [7, 11) is 0. The molecule has 0 spiro atoms. The Kier molecular flexibility index (Phi) is 4.38. The van der Waals surface area contributed by atoms with Crippen LogP contribution in [-0.4, -0.2) is 45.4 Å². The van der Waals surface area contributed by atoms with Crippen LogP contribution in [0.15, 0.2) is 47.5 Å². The standard InChI is InChI=1S/C18H20N4OS/c23-18(16-12-13-4-1-2-5-15(13)24-16)22-10-7-14(8-11-22)20-17-6-3-9-19-21-17/h1-6,9,14,16H,7-8,10-12H2,(H,20,21)/t16-/m1/s1. The van der Waals surface area contributed by atoms with Gasteiger partial charge in [-0.3, -0.25) is 4.79 Å². The molecule has 1 aromatic heterocycles. The van der Waals surface area contributed by atoms with E-state index in [2.05, 4.69) is 33.7 Å². The number of likely N-dealkylation sites (tertiary alicyclic amines) is 1. The molecule has 0 unspecified atom stereocenters. The Morgan fingerprint density at radius 2 is 2.00 bits per heavy atom. The Labute approximate surface area is 145 Å². The number of hydrogen-bond donors (Lipinski definition) is 1. The van der Waals surface area contributed by atoms with Crippen molar-refractivity contribution in [2.45, 2.75) is 35.4 Å². The van der Waals surface area contributed by atoms with E-state index >= 15 is 0 Å². The molecule has 4 rings (SSSR count). The zero-order valence-corrected chi connectivity index (χ0v) is 14.2. The van der Waals surface area contributed by atoms with Gasteiger partial charge in [-0.05, 0) is 43.0 Å². The Balaban J connectivity index is 1.31. The number of anilines is 1. The maximum Gasteiger partial charge on any atom is 0.236 e. The van der Waals surface area contributed by atoms with Crippen molar-refractivity contribution < 1.29 is 4.79 Å². The molecule has 5 nitrogen and oxygen atoms in total. The Morgan fingerprint density at radius 3 is 2.75 bits per heavy atom. The van der Waals surface area contributed by atoms with Crippen LogP contribution in [0.25, 0.3) is 0 Å². The minimum atomic E-state index is 0.0481. The van der Waals surface area contributed by atoms with E-state index in [0.717, 1.165) is 38.2 Å². The van der Waals surface area contributed by atoms with Gasteiger partial charge in [-0.25, -0.2) is 0 Å². The fraction of sp³-hybridized carbons (Fsp3) is 0.389. The Morgan fingerprint density at radius 1 is 1.17 bits per heavy atom. The molecule has 1 aromatic carbocycles. The van der Waals surface area contributed by atoms with Crippen LogP contribution in [0.2, 0.25) is 0 Å². The molecule has 3 heterocycles. The number of thioether (sulfide) groups is 1. The minimum absolute atomic E-state index is 0.0481. The van der Waals surface area contributed by atoms with Gasteiger partial charge in [-0.2, -0.15) is 5.10 Å². The second-order valence-corrected chi connectivity index (χ2v) is 7.52. The zero-order chi connectivity index (χ0) is 16.4. The van der Waals surface area contributed by atoms with Crippen LogP contribution in [0.4, 0.5) is 5.82 Å². The van der Waals surface area contributed by atoms with Gasteiger partial charge in [-0.1, -0.05) is 18.2 Å². The summed E-state index contributed by atoms with van der Waals surface area (Å²) in [5, 5.41) is 11.4. The number of piperidine rings is 1. The van der Waals surface area contributed by atoms with E-state index in [4.69, 9.17) is 0 Å². The highest BCUT2D eigenvalue weighted by Crippen LogP contribution is 2.37. The monoisotopic (exact) mass is 340 g/mol. The van der Waals surface area contributed by atoms with E-state index in [1.165, 1.54) is 10.5 Å². The molecule has 24 heavy (non-hydrogen) atoms. The van der Waals surface area contributed by atoms with Crippen LogP contribution in [0.3, 0.4) is 0 Å². The predicted molar refractivity (Wildman–Crippen MR) is 95.0 cm³/mol. The van der Waals surface area contributed by atoms with Crippen molar-refractivity contribution in [3.63, 3.8) is 0 Å². The number of aromatic nitrogens is 2. The highest BCUT2D eigenvalue weighted by Gasteiger charge is 2.33. The third-order valence-corrected chi connectivity index (χ3v) is 5.96. The molecule has 0 bridgehead atoms. The first-order chi connectivity index (χ1) is 11.8. The summed E-state index contributed by atoms with van der Waals surface area (Å²) < 4.78 is 0. The highest BCUT2D eigenvalue weighted by molar-refractivity contribution is 8.01. The van der Waals surface area contributed by atoms with E-state index in [1.54, 1.807) is 18.0 Å². The summed E-state index contributed by atoms with van der Waals surface area (Å²) in [6.07, 6.45) is 4.43. The number of nitrogens with one attached hydrogen (secondary N) is 1. The van der Waals surface area contributed by atoms with Crippen molar-refractivity contribution in [1.82, 2.24) is 15.1 Å². The van der Waals surface area contributed by atoms with Gasteiger partial charge in [0.15, 0.2) is 0 Å². The number of hydrogen-bond acceptors (Lipinski definition) is 5. The fourth-order valence-electron chi connectivity index (χ4n) is 3.36. The number of nitrogens with zero attached hydrogens (tertiary/aromatic N) is 3. The zero-order valence-electron chi connectivity index (χ0n) is 13.4. The quantitative estimate of drug-likeness (QED) is 0.931. The normalized spacial score (nSPS) is 20.7. The van der Waals surface area contributed by atoms with Crippen LogP contribution in [0.5, 0.6) is 0 Å². The van der Waals surface area contributed by atoms with Crippen molar-refractivity contribution in [2.24, 2.45) is 0 Å². The average molecular weight is 340 g/mol. The van der Waals surface area contributed by atoms with Crippen LogP contribution in [-0.2, 0) is 11.2 Å². The number of amides is 1. The van der Waals surface area contributed by atoms with Gasteiger partial charge >= 0.3 is 0 Å². The molecule has 0 aliphatic carbocycles. The molecule has 1 N–H and O–H groups in total. The number of carbonyl (C=O) groups excluding carboxylic acids is 1. The van der Waals surface area contributed by atoms with Gasteiger partial charge in [0.25, 0.3) is 0 Å². The van der Waals surface area contributed by atoms with Gasteiger partial charge in [0.1, 0.15) is 5.82 Å². The SMILES string of the molecule is O=C([C@H]1Cc2ccccc2S1)N1CCC(Nc2cccnn2)CC1. The number of benzene rings is 1. The van der Waals surface area contributed by atoms with Crippen molar-refractivity contribution in [3.05, 3.63) is 48.2 Å². The molecule has 1 atom stereocenters. The first kappa shape index (κ1) is 15.4. The maximum absolute atomic E-state index is 12.8. The maximum atomic E-state index is 12.8. The van der Waals surface area contributed by atoms with Gasteiger partial charge in [0.05, 0.1) is 5.25 Å². The number of fused-ring (bicyclic) bond motifs is 1. The van der Waals surface area contributed by atoms with Crippen molar-refractivity contribution >= 4 is 23.5 Å². The van der Waals surface area contributed by atoms with Crippen LogP contribution in [0.1, 0.15) is 18.4 Å². The molecule has 0 radical (unpaired) electrons. The van der Waals surface area contributed by atoms with E-state index in [0.29, 0.717) is 6.04 Å². The summed E-state index contributed by atoms with van der Waals surface area (Å²) in [6, 6.07) is 12.5. The second-order valence-electron chi connectivity index (χ2n) is 6.27. The summed E-state index contributed by atoms with van der Waals surface area (Å²) in [4.78, 5) is 16.1. The first-order valence-electron chi connectivity index (χ1n) is 8.37. The average Bonchev–Trinajstić information content (AvgIpc) is 3.07. The molecular weight excluding hydrogens is 320 g/mol. The third-order valence-electron chi connectivity index (χ3n) is 4.65. The van der Waals surface area contributed by atoms with Crippen LogP contribution < -0.4 is 5.32 Å². The minimum Gasteiger partial charge on any atom is -0.366 e. The molecule has 6 heteroatoms. The summed E-state index contributed by atoms with van der Waals surface area (Å²) in [5.74, 6) is 1.10. The fourth-order valence-corrected chi connectivity index (χ4v) is 4.63. The van der Waals surface area contributed by atoms with E-state index < -0.39 is 0 Å². The lowest BCUT2D eigenvalue weighted by molar-refractivity contribution is -0.131. The molecule has 1 saturated heterocycles. The van der Waals surface area contributed by atoms with Crippen molar-refractivity contribution in [1.29, 1.82) is 0 Å². The molecule has 0 saturated carbocycles. The lowest BCUT2D eigenvalue weighted by atomic mass is 10.0. The number of carbonyl (C=O) groups is 1. The number of rotatable bonds is 3. The lowest BCUT2D eigenvalue weighted by Crippen LogP contribution is -2.45. The lowest BCUT2D eigenvalue weighted by Gasteiger charge is -2.33. The van der Waals surface area contributed by atoms with Gasteiger partial charge < -0.3 is 10.2 Å². The van der Waals surface area contributed by atoms with Gasteiger partial charge in [0.2, 0.25) is 5.91 Å². The van der Waals surface area contributed by atoms with Crippen molar-refractivity contribution in [2.75, 3.05) is 18.4 Å². The summed E-state index contributed by atoms with van der Waals surface area (Å²) in [5.41, 5.74) is 1.31. The predicted octanol–water partition coefficient (Wildman–Crippen LogP) is 2.60. The molecule has 2 aliphatic rings. The van der Waals surface area contributed by atoms with E-state index in [-0.39, 0.29) is 11.2 Å². The molecule has 1 fully saturated rings. The van der Waals surface area contributed by atoms with E-state index in [1.807, 2.05) is 23.1 Å². The second kappa shape index (κ2) is 6.81. The first-order valence-corrected chi connectivity index (χ1v) is 9.25. The Hall–Kier alpha value is -2.08. The largest absolute Gasteiger partial charge is 0.366 e. The topological polar surface area (TPSA) is 58.1 Å². The van der Waals surface area contributed by atoms with Gasteiger partial charge in [-0.15, -0.1) is 16.9 Å². The van der Waals surface area contributed by atoms with Crippen molar-refractivity contribution in [3.8, 4) is 0 Å². The molecular formula is C18H20N4OS. The summed E-state index contributed by atoms with van der Waals surface area (Å²) in [6.45, 7) is 1.62. The third kappa shape index (κ3) is 3.24. The van der Waals surface area contributed by atoms with E-state index in [9.17, 15) is 4.79 Å². The van der Waals surface area contributed by atoms with Crippen LogP contribution >= 0.6 is 11.8 Å². The molecule has 2 aromatic rings. The van der Waals surface area contributed by atoms with Crippen LogP contribution in [0, 0.1) is 0 Å². The molecule has 124 valence electrons. The molecule has 2 aliphatic heterocycles. The summed E-state index contributed by atoms with van der Waals surface area (Å²) >= 11 is 1.72. The Bertz CT molecular complexity index is 691. The van der Waals surface area contributed by atoms with Gasteiger partial charge in [0, 0.05) is 30.2 Å². The smallest absolute Gasteiger partial charge is 0.236 e.